The Hall–Kier alpha value is -1.73. The number of nitrogens with one attached hydrogen (secondary N) is 1. The summed E-state index contributed by atoms with van der Waals surface area (Å²) in [5.41, 5.74) is 1.47. The maximum atomic E-state index is 12.4. The van der Waals surface area contributed by atoms with E-state index in [0.29, 0.717) is 21.6 Å². The average molecular weight is 355 g/mol. The maximum Gasteiger partial charge on any atom is 0.237 e. The molecule has 8 heteroatoms. The van der Waals surface area contributed by atoms with Gasteiger partial charge in [0.15, 0.2) is 5.16 Å². The molecule has 2 rings (SSSR count). The number of nitrogens with zero attached hydrogens (tertiary/aromatic N) is 3. The lowest BCUT2D eigenvalue weighted by atomic mass is 10.2. The van der Waals surface area contributed by atoms with Crippen LogP contribution in [0.3, 0.4) is 0 Å². The first-order valence-corrected chi connectivity index (χ1v) is 8.27. The molecule has 2 aromatic rings. The summed E-state index contributed by atoms with van der Waals surface area (Å²) in [5.74, 6) is 1.19. The SMILES string of the molecule is COc1cc(Cl)c(C)cc1NC(=O)[C@H](C)Sc1nnc(C)n1C. The van der Waals surface area contributed by atoms with Crippen LogP contribution in [0.2, 0.25) is 5.02 Å². The highest BCUT2D eigenvalue weighted by Crippen LogP contribution is 2.32. The molecule has 23 heavy (non-hydrogen) atoms. The molecule has 1 N–H and O–H groups in total. The molecule has 1 atom stereocenters. The molecule has 1 heterocycles. The number of aryl methyl sites for hydroxylation is 2. The summed E-state index contributed by atoms with van der Waals surface area (Å²) in [6.45, 7) is 5.56. The quantitative estimate of drug-likeness (QED) is 0.835. The number of rotatable bonds is 5. The van der Waals surface area contributed by atoms with E-state index in [1.165, 1.54) is 18.9 Å². The summed E-state index contributed by atoms with van der Waals surface area (Å²) in [6.07, 6.45) is 0. The number of ether oxygens (including phenoxy) is 1. The van der Waals surface area contributed by atoms with E-state index in [0.717, 1.165) is 11.4 Å². The van der Waals surface area contributed by atoms with Gasteiger partial charge in [0.2, 0.25) is 5.91 Å². The van der Waals surface area contributed by atoms with Crippen LogP contribution in [0.25, 0.3) is 0 Å². The van der Waals surface area contributed by atoms with E-state index in [9.17, 15) is 4.79 Å². The van der Waals surface area contributed by atoms with Crippen LogP contribution >= 0.6 is 23.4 Å². The minimum absolute atomic E-state index is 0.143. The van der Waals surface area contributed by atoms with Crippen molar-refractivity contribution in [1.29, 1.82) is 0 Å². The lowest BCUT2D eigenvalue weighted by molar-refractivity contribution is -0.115. The van der Waals surface area contributed by atoms with Gasteiger partial charge in [-0.2, -0.15) is 0 Å². The predicted octanol–water partition coefficient (Wildman–Crippen LogP) is 3.21. The molecule has 0 saturated heterocycles. The Bertz CT molecular complexity index is 733. The van der Waals surface area contributed by atoms with Crippen LogP contribution in [0.15, 0.2) is 17.3 Å². The fourth-order valence-corrected chi connectivity index (χ4v) is 2.88. The Morgan fingerprint density at radius 2 is 2.09 bits per heavy atom. The molecule has 124 valence electrons. The van der Waals surface area contributed by atoms with Gasteiger partial charge in [0.1, 0.15) is 11.6 Å². The molecule has 0 aliphatic rings. The Morgan fingerprint density at radius 1 is 1.39 bits per heavy atom. The molecule has 0 saturated carbocycles. The van der Waals surface area contributed by atoms with Gasteiger partial charge in [-0.3, -0.25) is 4.79 Å². The van der Waals surface area contributed by atoms with Crippen molar-refractivity contribution in [3.63, 3.8) is 0 Å². The second-order valence-corrected chi connectivity index (χ2v) is 6.85. The van der Waals surface area contributed by atoms with Gasteiger partial charge in [-0.15, -0.1) is 10.2 Å². The minimum atomic E-state index is -0.335. The highest BCUT2D eigenvalue weighted by atomic mass is 35.5. The fraction of sp³-hybridized carbons (Fsp3) is 0.400. The molecular weight excluding hydrogens is 336 g/mol. The van der Waals surface area contributed by atoms with Crippen LogP contribution in [-0.2, 0) is 11.8 Å². The number of anilines is 1. The van der Waals surface area contributed by atoms with E-state index in [2.05, 4.69) is 15.5 Å². The van der Waals surface area contributed by atoms with Gasteiger partial charge in [-0.05, 0) is 32.4 Å². The zero-order valence-electron chi connectivity index (χ0n) is 13.7. The van der Waals surface area contributed by atoms with Crippen molar-refractivity contribution in [2.75, 3.05) is 12.4 Å². The van der Waals surface area contributed by atoms with Crippen LogP contribution in [0.4, 0.5) is 5.69 Å². The Balaban J connectivity index is 2.12. The highest BCUT2D eigenvalue weighted by molar-refractivity contribution is 8.00. The average Bonchev–Trinajstić information content (AvgIpc) is 2.82. The largest absolute Gasteiger partial charge is 0.495 e. The van der Waals surface area contributed by atoms with E-state index in [1.54, 1.807) is 12.1 Å². The third kappa shape index (κ3) is 3.97. The number of carbonyl (C=O) groups excluding carboxylic acids is 1. The fourth-order valence-electron chi connectivity index (χ4n) is 1.87. The molecule has 6 nitrogen and oxygen atoms in total. The van der Waals surface area contributed by atoms with Gasteiger partial charge >= 0.3 is 0 Å². The molecular formula is C15H19ClN4O2S. The van der Waals surface area contributed by atoms with Crippen LogP contribution in [0, 0.1) is 13.8 Å². The number of carbonyl (C=O) groups is 1. The van der Waals surface area contributed by atoms with E-state index in [-0.39, 0.29) is 11.2 Å². The zero-order chi connectivity index (χ0) is 17.1. The number of hydrogen-bond acceptors (Lipinski definition) is 5. The summed E-state index contributed by atoms with van der Waals surface area (Å²) < 4.78 is 7.12. The molecule has 0 radical (unpaired) electrons. The minimum Gasteiger partial charge on any atom is -0.495 e. The van der Waals surface area contributed by atoms with Crippen molar-refractivity contribution < 1.29 is 9.53 Å². The number of aromatic nitrogens is 3. The second-order valence-electron chi connectivity index (χ2n) is 5.14. The number of methoxy groups -OCH3 is 1. The highest BCUT2D eigenvalue weighted by Gasteiger charge is 2.19. The summed E-state index contributed by atoms with van der Waals surface area (Å²) in [6, 6.07) is 3.49. The van der Waals surface area contributed by atoms with Crippen LogP contribution < -0.4 is 10.1 Å². The van der Waals surface area contributed by atoms with Crippen molar-refractivity contribution in [3.8, 4) is 5.75 Å². The van der Waals surface area contributed by atoms with Gasteiger partial charge in [0, 0.05) is 18.1 Å². The van der Waals surface area contributed by atoms with Crippen molar-refractivity contribution in [2.24, 2.45) is 7.05 Å². The monoisotopic (exact) mass is 354 g/mol. The van der Waals surface area contributed by atoms with E-state index < -0.39 is 0 Å². The van der Waals surface area contributed by atoms with Crippen LogP contribution in [0.1, 0.15) is 18.3 Å². The summed E-state index contributed by atoms with van der Waals surface area (Å²) >= 11 is 7.43. The Labute approximate surface area is 144 Å². The van der Waals surface area contributed by atoms with Crippen molar-refractivity contribution in [2.45, 2.75) is 31.2 Å². The molecule has 0 unspecified atom stereocenters. The first-order valence-electron chi connectivity index (χ1n) is 7.01. The number of hydrogen-bond donors (Lipinski definition) is 1. The van der Waals surface area contributed by atoms with Crippen molar-refractivity contribution in [3.05, 3.63) is 28.5 Å². The molecule has 0 aliphatic carbocycles. The van der Waals surface area contributed by atoms with E-state index in [1.807, 2.05) is 32.4 Å². The zero-order valence-corrected chi connectivity index (χ0v) is 15.2. The molecule has 0 fully saturated rings. The smallest absolute Gasteiger partial charge is 0.237 e. The number of halogens is 1. The maximum absolute atomic E-state index is 12.4. The summed E-state index contributed by atoms with van der Waals surface area (Å²) in [4.78, 5) is 12.4. The first kappa shape index (κ1) is 17.6. The van der Waals surface area contributed by atoms with Gasteiger partial charge in [-0.25, -0.2) is 0 Å². The van der Waals surface area contributed by atoms with Crippen molar-refractivity contribution in [1.82, 2.24) is 14.8 Å². The topological polar surface area (TPSA) is 69.0 Å². The molecule has 0 aliphatic heterocycles. The van der Waals surface area contributed by atoms with Gasteiger partial charge in [-0.1, -0.05) is 23.4 Å². The van der Waals surface area contributed by atoms with Crippen LogP contribution in [0.5, 0.6) is 5.75 Å². The van der Waals surface area contributed by atoms with Gasteiger partial charge in [0.25, 0.3) is 0 Å². The number of thioether (sulfide) groups is 1. The molecule has 1 amide bonds. The lowest BCUT2D eigenvalue weighted by Gasteiger charge is -2.15. The van der Waals surface area contributed by atoms with Gasteiger partial charge in [0.05, 0.1) is 18.0 Å². The standard InChI is InChI=1S/C15H19ClN4O2S/c1-8-6-12(13(22-5)7-11(8)16)17-14(21)9(2)23-15-19-18-10(3)20(15)4/h6-7,9H,1-5H3,(H,17,21)/t9-/m0/s1. The Morgan fingerprint density at radius 3 is 2.65 bits per heavy atom. The molecule has 1 aromatic heterocycles. The summed E-state index contributed by atoms with van der Waals surface area (Å²) in [5, 5.41) is 11.9. The number of amides is 1. The normalized spacial score (nSPS) is 12.1. The third-order valence-corrected chi connectivity index (χ3v) is 4.98. The van der Waals surface area contributed by atoms with E-state index >= 15 is 0 Å². The van der Waals surface area contributed by atoms with Gasteiger partial charge < -0.3 is 14.6 Å². The predicted molar refractivity (Wildman–Crippen MR) is 92.4 cm³/mol. The van der Waals surface area contributed by atoms with Crippen molar-refractivity contribution >= 4 is 35.0 Å². The van der Waals surface area contributed by atoms with E-state index in [4.69, 9.17) is 16.3 Å². The second kappa shape index (κ2) is 7.23. The number of benzene rings is 1. The Kier molecular flexibility index (Phi) is 5.54. The first-order chi connectivity index (χ1) is 10.8. The summed E-state index contributed by atoms with van der Waals surface area (Å²) in [7, 11) is 3.41. The molecule has 0 bridgehead atoms. The third-order valence-electron chi connectivity index (χ3n) is 3.44. The molecule has 0 spiro atoms. The van der Waals surface area contributed by atoms with Crippen LogP contribution in [-0.4, -0.2) is 33.0 Å². The lowest BCUT2D eigenvalue weighted by Crippen LogP contribution is -2.23. The molecule has 1 aromatic carbocycles.